The first kappa shape index (κ1) is 13.8. The van der Waals surface area contributed by atoms with Crippen molar-refractivity contribution in [1.82, 2.24) is 0 Å². The van der Waals surface area contributed by atoms with Gasteiger partial charge in [-0.05, 0) is 24.0 Å². The Morgan fingerprint density at radius 2 is 1.91 bits per heavy atom. The van der Waals surface area contributed by atoms with Gasteiger partial charge in [0.25, 0.3) is 5.69 Å². The maximum absolute atomic E-state index is 11.4. The average molecular weight is 308 g/mol. The summed E-state index contributed by atoms with van der Waals surface area (Å²) in [5, 5.41) is 24.9. The van der Waals surface area contributed by atoms with E-state index in [1.165, 1.54) is 6.07 Å². The lowest BCUT2D eigenvalue weighted by Gasteiger charge is -2.37. The summed E-state index contributed by atoms with van der Waals surface area (Å²) < 4.78 is 0. The van der Waals surface area contributed by atoms with Crippen molar-refractivity contribution >= 4 is 11.4 Å². The van der Waals surface area contributed by atoms with Gasteiger partial charge in [0, 0.05) is 17.5 Å². The van der Waals surface area contributed by atoms with Crippen molar-refractivity contribution in [3.8, 4) is 5.75 Å². The van der Waals surface area contributed by atoms with Gasteiger partial charge in [0.1, 0.15) is 11.4 Å². The zero-order valence-electron chi connectivity index (χ0n) is 12.3. The second-order valence-corrected chi connectivity index (χ2v) is 6.03. The first-order chi connectivity index (χ1) is 11.2. The van der Waals surface area contributed by atoms with E-state index in [-0.39, 0.29) is 34.2 Å². The van der Waals surface area contributed by atoms with Gasteiger partial charge in [-0.1, -0.05) is 42.5 Å². The zero-order chi connectivity index (χ0) is 16.0. The van der Waals surface area contributed by atoms with E-state index in [0.717, 1.165) is 17.5 Å². The Kier molecular flexibility index (Phi) is 3.08. The minimum Gasteiger partial charge on any atom is -0.508 e. The number of phenolic OH excluding ortho intramolecular Hbond substituents is 1. The molecular formula is C18H16N2O3. The molecule has 1 aliphatic heterocycles. The van der Waals surface area contributed by atoms with Crippen LogP contribution in [0.5, 0.6) is 5.75 Å². The van der Waals surface area contributed by atoms with E-state index in [4.69, 9.17) is 0 Å². The molecule has 0 saturated carbocycles. The van der Waals surface area contributed by atoms with E-state index in [0.29, 0.717) is 5.69 Å². The molecule has 1 heterocycles. The van der Waals surface area contributed by atoms with Crippen molar-refractivity contribution in [2.24, 2.45) is 5.92 Å². The summed E-state index contributed by atoms with van der Waals surface area (Å²) in [7, 11) is 0. The summed E-state index contributed by atoms with van der Waals surface area (Å²) in [5.74, 6) is 0.603. The number of fused-ring (bicyclic) bond motifs is 3. The lowest BCUT2D eigenvalue weighted by Crippen LogP contribution is -2.29. The molecule has 0 radical (unpaired) electrons. The van der Waals surface area contributed by atoms with Crippen molar-refractivity contribution in [2.75, 3.05) is 5.32 Å². The fourth-order valence-electron chi connectivity index (χ4n) is 3.82. The molecule has 23 heavy (non-hydrogen) atoms. The van der Waals surface area contributed by atoms with E-state index in [1.807, 2.05) is 18.2 Å². The Bertz CT molecular complexity index is 816. The van der Waals surface area contributed by atoms with Crippen molar-refractivity contribution in [2.45, 2.75) is 18.4 Å². The first-order valence-electron chi connectivity index (χ1n) is 7.65. The number of nitro benzene ring substituents is 1. The molecule has 1 aliphatic carbocycles. The van der Waals surface area contributed by atoms with Crippen LogP contribution < -0.4 is 5.32 Å². The standard InChI is InChI=1S/C18H16N2O3/c21-16-10-2-1-5-14(16)17-12-7-3-6-11(12)13-8-4-9-15(20(22)23)18(13)19-17/h1-6,8-12,17,19,21H,7H2. The number of nitrogens with one attached hydrogen (secondary N) is 1. The van der Waals surface area contributed by atoms with Gasteiger partial charge in [0.15, 0.2) is 0 Å². The smallest absolute Gasteiger partial charge is 0.292 e. The number of hydrogen-bond acceptors (Lipinski definition) is 4. The van der Waals surface area contributed by atoms with Gasteiger partial charge >= 0.3 is 0 Å². The predicted octanol–water partition coefficient (Wildman–Crippen LogP) is 4.13. The molecule has 5 heteroatoms. The van der Waals surface area contributed by atoms with Crippen LogP contribution in [0.1, 0.15) is 29.5 Å². The van der Waals surface area contributed by atoms with Crippen LogP contribution in [0, 0.1) is 16.0 Å². The molecule has 0 aromatic heterocycles. The van der Waals surface area contributed by atoms with E-state index >= 15 is 0 Å². The van der Waals surface area contributed by atoms with Crippen LogP contribution in [0.4, 0.5) is 11.4 Å². The van der Waals surface area contributed by atoms with Crippen molar-refractivity contribution in [1.29, 1.82) is 0 Å². The van der Waals surface area contributed by atoms with E-state index in [2.05, 4.69) is 17.5 Å². The molecule has 3 atom stereocenters. The molecule has 0 fully saturated rings. The Balaban J connectivity index is 1.87. The maximum atomic E-state index is 11.4. The highest BCUT2D eigenvalue weighted by atomic mass is 16.6. The summed E-state index contributed by atoms with van der Waals surface area (Å²) >= 11 is 0. The highest BCUT2D eigenvalue weighted by Crippen LogP contribution is 2.52. The monoisotopic (exact) mass is 308 g/mol. The SMILES string of the molecule is O=[N+]([O-])c1cccc2c1NC(c1ccccc1O)C1CC=CC21. The molecule has 5 nitrogen and oxygen atoms in total. The summed E-state index contributed by atoms with van der Waals surface area (Å²) in [5.41, 5.74) is 2.40. The predicted molar refractivity (Wildman–Crippen MR) is 87.6 cm³/mol. The van der Waals surface area contributed by atoms with Crippen molar-refractivity contribution in [3.05, 3.63) is 75.9 Å². The number of nitro groups is 1. The third-order valence-corrected chi connectivity index (χ3v) is 4.84. The van der Waals surface area contributed by atoms with Gasteiger partial charge in [0.05, 0.1) is 11.0 Å². The van der Waals surface area contributed by atoms with E-state index in [1.54, 1.807) is 18.2 Å². The largest absolute Gasteiger partial charge is 0.508 e. The molecule has 0 spiro atoms. The van der Waals surface area contributed by atoms with Crippen molar-refractivity contribution in [3.63, 3.8) is 0 Å². The van der Waals surface area contributed by atoms with Crippen LogP contribution in [0.25, 0.3) is 0 Å². The lowest BCUT2D eigenvalue weighted by atomic mass is 9.76. The number of anilines is 1. The summed E-state index contributed by atoms with van der Waals surface area (Å²) in [6, 6.07) is 12.3. The van der Waals surface area contributed by atoms with Gasteiger partial charge in [-0.15, -0.1) is 0 Å². The Morgan fingerprint density at radius 3 is 2.70 bits per heavy atom. The quantitative estimate of drug-likeness (QED) is 0.497. The molecular weight excluding hydrogens is 292 g/mol. The van der Waals surface area contributed by atoms with Crippen LogP contribution in [-0.4, -0.2) is 10.0 Å². The maximum Gasteiger partial charge on any atom is 0.292 e. The molecule has 2 aromatic rings. The van der Waals surface area contributed by atoms with Gasteiger partial charge in [-0.2, -0.15) is 0 Å². The Labute approximate surface area is 133 Å². The van der Waals surface area contributed by atoms with E-state index in [9.17, 15) is 15.2 Å². The van der Waals surface area contributed by atoms with Crippen LogP contribution in [0.3, 0.4) is 0 Å². The fourth-order valence-corrected chi connectivity index (χ4v) is 3.82. The second-order valence-electron chi connectivity index (χ2n) is 6.03. The summed E-state index contributed by atoms with van der Waals surface area (Å²) in [6.07, 6.45) is 5.14. The van der Waals surface area contributed by atoms with Gasteiger partial charge in [0.2, 0.25) is 0 Å². The second kappa shape index (κ2) is 5.12. The fraction of sp³-hybridized carbons (Fsp3) is 0.222. The van der Waals surface area contributed by atoms with Crippen LogP contribution in [-0.2, 0) is 0 Å². The van der Waals surface area contributed by atoms with Crippen LogP contribution >= 0.6 is 0 Å². The molecule has 0 amide bonds. The van der Waals surface area contributed by atoms with Gasteiger partial charge < -0.3 is 10.4 Å². The number of hydrogen-bond donors (Lipinski definition) is 2. The third kappa shape index (κ3) is 2.08. The molecule has 2 aliphatic rings. The Hall–Kier alpha value is -2.82. The van der Waals surface area contributed by atoms with Crippen molar-refractivity contribution < 1.29 is 10.0 Å². The van der Waals surface area contributed by atoms with Crippen LogP contribution in [0.2, 0.25) is 0 Å². The highest BCUT2D eigenvalue weighted by Gasteiger charge is 2.41. The number of aromatic hydroxyl groups is 1. The number of para-hydroxylation sites is 2. The zero-order valence-corrected chi connectivity index (χ0v) is 12.3. The molecule has 0 saturated heterocycles. The number of nitrogens with zero attached hydrogens (tertiary/aromatic N) is 1. The number of allylic oxidation sites excluding steroid dienone is 2. The molecule has 116 valence electrons. The van der Waals surface area contributed by atoms with Crippen LogP contribution in [0.15, 0.2) is 54.6 Å². The summed E-state index contributed by atoms with van der Waals surface area (Å²) in [6.45, 7) is 0. The highest BCUT2D eigenvalue weighted by molar-refractivity contribution is 5.71. The average Bonchev–Trinajstić information content (AvgIpc) is 3.04. The topological polar surface area (TPSA) is 75.4 Å². The number of phenols is 1. The molecule has 2 aromatic carbocycles. The molecule has 2 N–H and O–H groups in total. The minimum atomic E-state index is -0.354. The lowest BCUT2D eigenvalue weighted by molar-refractivity contribution is -0.384. The third-order valence-electron chi connectivity index (χ3n) is 4.84. The first-order valence-corrected chi connectivity index (χ1v) is 7.65. The molecule has 3 unspecified atom stereocenters. The van der Waals surface area contributed by atoms with E-state index < -0.39 is 0 Å². The number of rotatable bonds is 2. The van der Waals surface area contributed by atoms with Gasteiger partial charge in [-0.25, -0.2) is 0 Å². The Morgan fingerprint density at radius 1 is 1.13 bits per heavy atom. The van der Waals surface area contributed by atoms with Gasteiger partial charge in [-0.3, -0.25) is 10.1 Å². The number of benzene rings is 2. The molecule has 0 bridgehead atoms. The molecule has 4 rings (SSSR count). The summed E-state index contributed by atoms with van der Waals surface area (Å²) in [4.78, 5) is 11.0. The minimum absolute atomic E-state index is 0.0849. The normalized spacial score (nSPS) is 24.6.